The summed E-state index contributed by atoms with van der Waals surface area (Å²) in [6, 6.07) is 3.82. The van der Waals surface area contributed by atoms with Crippen molar-refractivity contribution < 1.29 is 27.4 Å². The van der Waals surface area contributed by atoms with Gasteiger partial charge in [0.25, 0.3) is 0 Å². The largest absolute Gasteiger partial charge is 0.497 e. The van der Waals surface area contributed by atoms with Crippen molar-refractivity contribution in [1.29, 1.82) is 0 Å². The Kier molecular flexibility index (Phi) is 4.63. The number of hydrogen-bond acceptors (Lipinski definition) is 3. The molecular weight excluding hydrogens is 263 g/mol. The maximum absolute atomic E-state index is 12.2. The summed E-state index contributed by atoms with van der Waals surface area (Å²) in [6.45, 7) is 1.43. The standard InChI is InChI=1S/C12H14F3NO3/c1-7(16-11(17)12(13,14)15)9-6-8(18-2)4-5-10(9)19-3/h4-7H,1-3H3,(H,16,17). The molecule has 1 N–H and O–H groups in total. The molecule has 0 saturated heterocycles. The second-order valence-corrected chi connectivity index (χ2v) is 3.80. The van der Waals surface area contributed by atoms with E-state index in [2.05, 4.69) is 0 Å². The molecule has 1 rings (SSSR count). The lowest BCUT2D eigenvalue weighted by Gasteiger charge is -2.18. The molecule has 7 heteroatoms. The highest BCUT2D eigenvalue weighted by Gasteiger charge is 2.39. The number of methoxy groups -OCH3 is 2. The average Bonchev–Trinajstić information content (AvgIpc) is 2.36. The predicted molar refractivity (Wildman–Crippen MR) is 62.2 cm³/mol. The van der Waals surface area contributed by atoms with Crippen LogP contribution in [0.5, 0.6) is 11.5 Å². The summed E-state index contributed by atoms with van der Waals surface area (Å²) in [4.78, 5) is 10.9. The molecule has 0 spiro atoms. The van der Waals surface area contributed by atoms with E-state index < -0.39 is 18.1 Å². The molecule has 1 amide bonds. The summed E-state index contributed by atoms with van der Waals surface area (Å²) in [7, 11) is 2.83. The number of carbonyl (C=O) groups is 1. The first kappa shape index (κ1) is 15.1. The number of benzene rings is 1. The topological polar surface area (TPSA) is 47.6 Å². The van der Waals surface area contributed by atoms with Crippen LogP contribution in [0.2, 0.25) is 0 Å². The number of hydrogen-bond donors (Lipinski definition) is 1. The third-order valence-corrected chi connectivity index (χ3v) is 2.51. The van der Waals surface area contributed by atoms with E-state index in [-0.39, 0.29) is 0 Å². The molecule has 1 unspecified atom stereocenters. The molecule has 1 aromatic rings. The minimum absolute atomic E-state index is 0.371. The Morgan fingerprint density at radius 3 is 2.37 bits per heavy atom. The van der Waals surface area contributed by atoms with Gasteiger partial charge in [-0.3, -0.25) is 4.79 Å². The Morgan fingerprint density at radius 1 is 1.26 bits per heavy atom. The summed E-state index contributed by atoms with van der Waals surface area (Å²) >= 11 is 0. The molecule has 0 aliphatic carbocycles. The molecule has 0 fully saturated rings. The number of halogens is 3. The first-order valence-electron chi connectivity index (χ1n) is 5.39. The van der Waals surface area contributed by atoms with Crippen molar-refractivity contribution in [3.05, 3.63) is 23.8 Å². The maximum atomic E-state index is 12.2. The molecule has 0 aromatic heterocycles. The highest BCUT2D eigenvalue weighted by atomic mass is 19.4. The van der Waals surface area contributed by atoms with Gasteiger partial charge in [0.05, 0.1) is 20.3 Å². The van der Waals surface area contributed by atoms with Crippen LogP contribution in [-0.2, 0) is 4.79 Å². The van der Waals surface area contributed by atoms with Gasteiger partial charge in [-0.1, -0.05) is 0 Å². The fraction of sp³-hybridized carbons (Fsp3) is 0.417. The third-order valence-electron chi connectivity index (χ3n) is 2.51. The van der Waals surface area contributed by atoms with Gasteiger partial charge in [0.15, 0.2) is 0 Å². The highest BCUT2D eigenvalue weighted by molar-refractivity contribution is 5.82. The number of nitrogens with one attached hydrogen (secondary N) is 1. The molecule has 106 valence electrons. The molecule has 0 bridgehead atoms. The number of carbonyl (C=O) groups excluding carboxylic acids is 1. The molecule has 0 radical (unpaired) electrons. The van der Waals surface area contributed by atoms with Gasteiger partial charge in [-0.25, -0.2) is 0 Å². The van der Waals surface area contributed by atoms with Crippen molar-refractivity contribution in [3.63, 3.8) is 0 Å². The predicted octanol–water partition coefficient (Wildman–Crippen LogP) is 2.44. The minimum Gasteiger partial charge on any atom is -0.497 e. The van der Waals surface area contributed by atoms with Gasteiger partial charge in [0.1, 0.15) is 11.5 Å². The van der Waals surface area contributed by atoms with Gasteiger partial charge < -0.3 is 14.8 Å². The van der Waals surface area contributed by atoms with Gasteiger partial charge in [0, 0.05) is 5.56 Å². The molecule has 4 nitrogen and oxygen atoms in total. The molecule has 1 atom stereocenters. The molecule has 19 heavy (non-hydrogen) atoms. The smallest absolute Gasteiger partial charge is 0.471 e. The van der Waals surface area contributed by atoms with E-state index in [0.29, 0.717) is 17.1 Å². The Morgan fingerprint density at radius 2 is 1.89 bits per heavy atom. The third kappa shape index (κ3) is 3.77. The quantitative estimate of drug-likeness (QED) is 0.919. The van der Waals surface area contributed by atoms with Gasteiger partial charge in [0.2, 0.25) is 0 Å². The highest BCUT2D eigenvalue weighted by Crippen LogP contribution is 2.29. The minimum atomic E-state index is -4.92. The summed E-state index contributed by atoms with van der Waals surface area (Å²) < 4.78 is 46.6. The summed E-state index contributed by atoms with van der Waals surface area (Å²) in [5.74, 6) is -1.16. The number of amides is 1. The van der Waals surface area contributed by atoms with E-state index in [1.54, 1.807) is 12.1 Å². The molecule has 1 aromatic carbocycles. The van der Waals surface area contributed by atoms with Crippen molar-refractivity contribution in [2.75, 3.05) is 14.2 Å². The number of alkyl halides is 3. The molecule has 0 aliphatic heterocycles. The maximum Gasteiger partial charge on any atom is 0.471 e. The number of rotatable bonds is 4. The van der Waals surface area contributed by atoms with Gasteiger partial charge in [-0.15, -0.1) is 0 Å². The van der Waals surface area contributed by atoms with Crippen LogP contribution in [0.3, 0.4) is 0 Å². The van der Waals surface area contributed by atoms with Crippen LogP contribution in [0.15, 0.2) is 18.2 Å². The Hall–Kier alpha value is -1.92. The van der Waals surface area contributed by atoms with Crippen molar-refractivity contribution in [1.82, 2.24) is 5.32 Å². The van der Waals surface area contributed by atoms with Gasteiger partial charge in [-0.2, -0.15) is 13.2 Å². The second kappa shape index (κ2) is 5.81. The van der Waals surface area contributed by atoms with E-state index in [4.69, 9.17) is 9.47 Å². The van der Waals surface area contributed by atoms with Crippen LogP contribution in [0.4, 0.5) is 13.2 Å². The summed E-state index contributed by atoms with van der Waals surface area (Å²) in [5, 5.41) is 1.86. The first-order valence-corrected chi connectivity index (χ1v) is 5.39. The fourth-order valence-electron chi connectivity index (χ4n) is 1.53. The lowest BCUT2D eigenvalue weighted by Crippen LogP contribution is -2.38. The van der Waals surface area contributed by atoms with Crippen LogP contribution in [-0.4, -0.2) is 26.3 Å². The van der Waals surface area contributed by atoms with Crippen molar-refractivity contribution in [2.45, 2.75) is 19.1 Å². The normalized spacial score (nSPS) is 12.7. The Labute approximate surface area is 108 Å². The van der Waals surface area contributed by atoms with Crippen molar-refractivity contribution in [3.8, 4) is 11.5 Å². The zero-order valence-electron chi connectivity index (χ0n) is 10.7. The summed E-state index contributed by atoms with van der Waals surface area (Å²) in [6.07, 6.45) is -4.92. The van der Waals surface area contributed by atoms with Crippen LogP contribution >= 0.6 is 0 Å². The lowest BCUT2D eigenvalue weighted by molar-refractivity contribution is -0.174. The van der Waals surface area contributed by atoms with E-state index in [9.17, 15) is 18.0 Å². The lowest BCUT2D eigenvalue weighted by atomic mass is 10.1. The van der Waals surface area contributed by atoms with Gasteiger partial charge >= 0.3 is 12.1 Å². The van der Waals surface area contributed by atoms with E-state index in [1.165, 1.54) is 27.2 Å². The van der Waals surface area contributed by atoms with Crippen LogP contribution in [0.25, 0.3) is 0 Å². The zero-order chi connectivity index (χ0) is 14.6. The Bertz CT molecular complexity index is 460. The number of ether oxygens (including phenoxy) is 2. The van der Waals surface area contributed by atoms with E-state index in [1.807, 2.05) is 5.32 Å². The SMILES string of the molecule is COc1ccc(OC)c(C(C)NC(=O)C(F)(F)F)c1. The molecule has 0 heterocycles. The molecular formula is C12H14F3NO3. The second-order valence-electron chi connectivity index (χ2n) is 3.80. The molecule has 0 aliphatic rings. The van der Waals surface area contributed by atoms with Crippen LogP contribution < -0.4 is 14.8 Å². The van der Waals surface area contributed by atoms with Crippen molar-refractivity contribution >= 4 is 5.91 Å². The fourth-order valence-corrected chi connectivity index (χ4v) is 1.53. The van der Waals surface area contributed by atoms with E-state index in [0.717, 1.165) is 0 Å². The average molecular weight is 277 g/mol. The van der Waals surface area contributed by atoms with Crippen LogP contribution in [0.1, 0.15) is 18.5 Å². The molecule has 0 saturated carbocycles. The summed E-state index contributed by atoms with van der Waals surface area (Å²) in [5.41, 5.74) is 0.402. The van der Waals surface area contributed by atoms with Gasteiger partial charge in [-0.05, 0) is 25.1 Å². The Balaban J connectivity index is 2.98. The zero-order valence-corrected chi connectivity index (χ0v) is 10.7. The van der Waals surface area contributed by atoms with Crippen molar-refractivity contribution in [2.24, 2.45) is 0 Å². The monoisotopic (exact) mass is 277 g/mol. The van der Waals surface area contributed by atoms with Crippen LogP contribution in [0, 0.1) is 0 Å². The van der Waals surface area contributed by atoms with E-state index >= 15 is 0 Å². The first-order chi connectivity index (χ1) is 8.79.